The number of carbonyl (C=O) groups excluding carboxylic acids is 2. The fourth-order valence-electron chi connectivity index (χ4n) is 1.50. The number of esters is 1. The maximum atomic E-state index is 11.8. The molecule has 0 unspecified atom stereocenters. The second-order valence-corrected chi connectivity index (χ2v) is 4.08. The number of furan rings is 1. The number of carbonyl (C=O) groups is 2. The third kappa shape index (κ3) is 3.68. The number of aromatic nitrogens is 1. The molecule has 2 aromatic heterocycles. The van der Waals surface area contributed by atoms with Gasteiger partial charge in [0.1, 0.15) is 5.76 Å². The molecule has 1 amide bonds. The molecule has 6 nitrogen and oxygen atoms in total. The highest BCUT2D eigenvalue weighted by molar-refractivity contribution is 5.92. The van der Waals surface area contributed by atoms with Gasteiger partial charge in [-0.2, -0.15) is 0 Å². The lowest BCUT2D eigenvalue weighted by molar-refractivity contribution is -0.129. The topological polar surface area (TPSA) is 81.4 Å². The van der Waals surface area contributed by atoms with Crippen LogP contribution < -0.4 is 5.32 Å². The van der Waals surface area contributed by atoms with Gasteiger partial charge in [-0.25, -0.2) is 4.79 Å². The number of hydrogen-bond acceptors (Lipinski definition) is 5. The van der Waals surface area contributed by atoms with Crippen molar-refractivity contribution in [2.75, 3.05) is 0 Å². The van der Waals surface area contributed by atoms with Crippen molar-refractivity contribution in [2.45, 2.75) is 19.6 Å². The molecule has 0 aliphatic carbocycles. The molecular formula is C14H14N2O4. The molecule has 2 rings (SSSR count). The molecule has 6 heteroatoms. The summed E-state index contributed by atoms with van der Waals surface area (Å²) in [6, 6.07) is 6.52. The molecule has 0 aromatic carbocycles. The van der Waals surface area contributed by atoms with E-state index in [-0.39, 0.29) is 12.5 Å². The van der Waals surface area contributed by atoms with Crippen molar-refractivity contribution >= 4 is 11.9 Å². The van der Waals surface area contributed by atoms with Crippen LogP contribution in [0.5, 0.6) is 0 Å². The molecule has 2 aromatic rings. The summed E-state index contributed by atoms with van der Waals surface area (Å²) < 4.78 is 10.1. The van der Waals surface area contributed by atoms with Gasteiger partial charge in [0, 0.05) is 12.4 Å². The molecule has 20 heavy (non-hydrogen) atoms. The first-order valence-corrected chi connectivity index (χ1v) is 6.08. The Morgan fingerprint density at radius 2 is 2.10 bits per heavy atom. The second-order valence-electron chi connectivity index (χ2n) is 4.08. The molecule has 0 saturated carbocycles. The average Bonchev–Trinajstić information content (AvgIpc) is 2.98. The summed E-state index contributed by atoms with van der Waals surface area (Å²) in [6.07, 6.45) is 3.61. The molecular weight excluding hydrogens is 260 g/mol. The minimum Gasteiger partial charge on any atom is -0.467 e. The molecule has 1 atom stereocenters. The maximum Gasteiger partial charge on any atom is 0.339 e. The Hall–Kier alpha value is -2.63. The Labute approximate surface area is 115 Å². The molecule has 0 aliphatic rings. The highest BCUT2D eigenvalue weighted by Crippen LogP contribution is 2.04. The van der Waals surface area contributed by atoms with Crippen LogP contribution in [0.15, 0.2) is 47.3 Å². The number of hydrogen-bond donors (Lipinski definition) is 1. The molecule has 0 radical (unpaired) electrons. The van der Waals surface area contributed by atoms with Crippen LogP contribution in [0.2, 0.25) is 0 Å². The van der Waals surface area contributed by atoms with E-state index < -0.39 is 12.1 Å². The standard InChI is InChI=1S/C14H14N2O4/c1-10(13(17)16-9-12-3-2-8-19-12)20-14(18)11-4-6-15-7-5-11/h2-8,10H,9H2,1H3,(H,16,17)/t10-/m1/s1. The summed E-state index contributed by atoms with van der Waals surface area (Å²) in [5.41, 5.74) is 0.352. The van der Waals surface area contributed by atoms with Gasteiger partial charge in [-0.3, -0.25) is 9.78 Å². The Morgan fingerprint density at radius 3 is 2.75 bits per heavy atom. The van der Waals surface area contributed by atoms with E-state index in [1.54, 1.807) is 12.1 Å². The fourth-order valence-corrected chi connectivity index (χ4v) is 1.50. The van der Waals surface area contributed by atoms with Gasteiger partial charge in [-0.05, 0) is 31.2 Å². The third-order valence-corrected chi connectivity index (χ3v) is 2.59. The van der Waals surface area contributed by atoms with E-state index in [0.717, 1.165) is 0 Å². The van der Waals surface area contributed by atoms with Crippen molar-refractivity contribution in [3.05, 3.63) is 54.2 Å². The molecule has 0 spiro atoms. The molecule has 0 fully saturated rings. The van der Waals surface area contributed by atoms with Crippen molar-refractivity contribution in [1.82, 2.24) is 10.3 Å². The van der Waals surface area contributed by atoms with Gasteiger partial charge >= 0.3 is 5.97 Å². The van der Waals surface area contributed by atoms with Crippen LogP contribution in [0.25, 0.3) is 0 Å². The zero-order valence-corrected chi connectivity index (χ0v) is 10.9. The first-order valence-electron chi connectivity index (χ1n) is 6.08. The van der Waals surface area contributed by atoms with E-state index >= 15 is 0 Å². The van der Waals surface area contributed by atoms with Gasteiger partial charge in [0.15, 0.2) is 6.10 Å². The van der Waals surface area contributed by atoms with Crippen LogP contribution in [-0.4, -0.2) is 23.0 Å². The van der Waals surface area contributed by atoms with Crippen LogP contribution in [0.3, 0.4) is 0 Å². The van der Waals surface area contributed by atoms with Gasteiger partial charge in [0.05, 0.1) is 18.4 Å². The van der Waals surface area contributed by atoms with E-state index in [1.165, 1.54) is 37.7 Å². The first-order chi connectivity index (χ1) is 9.66. The summed E-state index contributed by atoms with van der Waals surface area (Å²) in [7, 11) is 0. The lowest BCUT2D eigenvalue weighted by atomic mass is 10.3. The summed E-state index contributed by atoms with van der Waals surface area (Å²) >= 11 is 0. The lowest BCUT2D eigenvalue weighted by Crippen LogP contribution is -2.35. The highest BCUT2D eigenvalue weighted by Gasteiger charge is 2.18. The van der Waals surface area contributed by atoms with Crippen LogP contribution in [0.1, 0.15) is 23.0 Å². The average molecular weight is 274 g/mol. The van der Waals surface area contributed by atoms with Gasteiger partial charge < -0.3 is 14.5 Å². The van der Waals surface area contributed by atoms with E-state index in [1.807, 2.05) is 0 Å². The zero-order chi connectivity index (χ0) is 14.4. The van der Waals surface area contributed by atoms with Crippen molar-refractivity contribution in [2.24, 2.45) is 0 Å². The van der Waals surface area contributed by atoms with Crippen molar-refractivity contribution in [1.29, 1.82) is 0 Å². The summed E-state index contributed by atoms with van der Waals surface area (Å²) in [4.78, 5) is 27.3. The van der Waals surface area contributed by atoms with E-state index in [0.29, 0.717) is 11.3 Å². The molecule has 0 aliphatic heterocycles. The van der Waals surface area contributed by atoms with Crippen LogP contribution in [-0.2, 0) is 16.1 Å². The molecule has 104 valence electrons. The van der Waals surface area contributed by atoms with Gasteiger partial charge in [0.25, 0.3) is 5.91 Å². The normalized spacial score (nSPS) is 11.7. The van der Waals surface area contributed by atoms with Crippen LogP contribution in [0, 0.1) is 0 Å². The first kappa shape index (κ1) is 13.8. The Morgan fingerprint density at radius 1 is 1.35 bits per heavy atom. The van der Waals surface area contributed by atoms with Crippen LogP contribution in [0.4, 0.5) is 0 Å². The van der Waals surface area contributed by atoms with Gasteiger partial charge in [0.2, 0.25) is 0 Å². The second kappa shape index (κ2) is 6.51. The molecule has 1 N–H and O–H groups in total. The summed E-state index contributed by atoms with van der Waals surface area (Å²) in [5, 5.41) is 2.62. The lowest BCUT2D eigenvalue weighted by Gasteiger charge is -2.12. The zero-order valence-electron chi connectivity index (χ0n) is 10.9. The Balaban J connectivity index is 1.83. The summed E-state index contributed by atoms with van der Waals surface area (Å²) in [6.45, 7) is 1.76. The van der Waals surface area contributed by atoms with Crippen LogP contribution >= 0.6 is 0 Å². The number of nitrogens with one attached hydrogen (secondary N) is 1. The van der Waals surface area contributed by atoms with E-state index in [4.69, 9.17) is 9.15 Å². The number of rotatable bonds is 5. The quantitative estimate of drug-likeness (QED) is 0.836. The van der Waals surface area contributed by atoms with E-state index in [9.17, 15) is 9.59 Å². The number of amides is 1. The number of pyridine rings is 1. The van der Waals surface area contributed by atoms with Gasteiger partial charge in [-0.1, -0.05) is 0 Å². The molecule has 0 bridgehead atoms. The molecule has 0 saturated heterocycles. The van der Waals surface area contributed by atoms with Crippen molar-refractivity contribution < 1.29 is 18.7 Å². The van der Waals surface area contributed by atoms with Gasteiger partial charge in [-0.15, -0.1) is 0 Å². The summed E-state index contributed by atoms with van der Waals surface area (Å²) in [5.74, 6) is -0.317. The Bertz CT molecular complexity index is 566. The van der Waals surface area contributed by atoms with Crippen molar-refractivity contribution in [3.63, 3.8) is 0 Å². The van der Waals surface area contributed by atoms with Crippen molar-refractivity contribution in [3.8, 4) is 0 Å². The minimum atomic E-state index is -0.884. The smallest absolute Gasteiger partial charge is 0.339 e. The largest absolute Gasteiger partial charge is 0.467 e. The fraction of sp³-hybridized carbons (Fsp3) is 0.214. The third-order valence-electron chi connectivity index (χ3n) is 2.59. The predicted molar refractivity (Wildman–Crippen MR) is 69.7 cm³/mol. The molecule has 2 heterocycles. The number of nitrogens with zero attached hydrogens (tertiary/aromatic N) is 1. The maximum absolute atomic E-state index is 11.8. The minimum absolute atomic E-state index is 0.253. The Kier molecular flexibility index (Phi) is 4.49. The van der Waals surface area contributed by atoms with E-state index in [2.05, 4.69) is 10.3 Å². The monoisotopic (exact) mass is 274 g/mol. The highest BCUT2D eigenvalue weighted by atomic mass is 16.5. The predicted octanol–water partition coefficient (Wildman–Crippen LogP) is 1.54. The number of ether oxygens (including phenoxy) is 1. The SMILES string of the molecule is C[C@@H](OC(=O)c1ccncc1)C(=O)NCc1ccco1.